The molecule has 122 valence electrons. The van der Waals surface area contributed by atoms with E-state index in [4.69, 9.17) is 4.98 Å². The normalized spacial score (nSPS) is 14.9. The monoisotopic (exact) mass is 319 g/mol. The minimum Gasteiger partial charge on any atom is -0.352 e. The zero-order valence-electron chi connectivity index (χ0n) is 13.7. The fraction of sp³-hybridized carbons (Fsp3) is 0.300. The smallest absolute Gasteiger partial charge is 0.294 e. The maximum Gasteiger partial charge on any atom is 0.294 e. The summed E-state index contributed by atoms with van der Waals surface area (Å²) in [5, 5.41) is 0. The first-order chi connectivity index (χ1) is 11.8. The second-order valence-electron chi connectivity index (χ2n) is 6.35. The van der Waals surface area contributed by atoms with Gasteiger partial charge in [0.05, 0.1) is 17.6 Å². The third-order valence-electron chi connectivity index (χ3n) is 4.67. The van der Waals surface area contributed by atoms with E-state index in [-0.39, 0.29) is 5.56 Å². The summed E-state index contributed by atoms with van der Waals surface area (Å²) in [5.74, 6) is 0.601. The number of hydrogen-bond acceptors (Lipinski definition) is 3. The van der Waals surface area contributed by atoms with E-state index in [9.17, 15) is 4.79 Å². The van der Waals surface area contributed by atoms with Crippen molar-refractivity contribution in [1.29, 1.82) is 0 Å². The van der Waals surface area contributed by atoms with Crippen LogP contribution < -0.4 is 10.5 Å². The summed E-state index contributed by atoms with van der Waals surface area (Å²) in [6.07, 6.45) is 3.50. The molecule has 0 amide bonds. The van der Waals surface area contributed by atoms with Gasteiger partial charge in [-0.15, -0.1) is 0 Å². The van der Waals surface area contributed by atoms with E-state index in [0.29, 0.717) is 12.4 Å². The molecular formula is C20H21N3O. The van der Waals surface area contributed by atoms with Gasteiger partial charge in [-0.2, -0.15) is 0 Å². The Labute approximate surface area is 141 Å². The number of aromatic nitrogens is 2. The lowest BCUT2D eigenvalue weighted by atomic mass is 10.1. The van der Waals surface area contributed by atoms with Crippen LogP contribution in [0.5, 0.6) is 0 Å². The van der Waals surface area contributed by atoms with E-state index >= 15 is 0 Å². The third-order valence-corrected chi connectivity index (χ3v) is 4.67. The highest BCUT2D eigenvalue weighted by Gasteiger charge is 2.19. The number of piperidine rings is 1. The minimum atomic E-state index is 0.0134. The third kappa shape index (κ3) is 2.80. The minimum absolute atomic E-state index is 0.0134. The first-order valence-electron chi connectivity index (χ1n) is 8.61. The van der Waals surface area contributed by atoms with Crippen molar-refractivity contribution in [3.05, 3.63) is 70.5 Å². The van der Waals surface area contributed by atoms with Crippen LogP contribution >= 0.6 is 0 Å². The molecule has 0 aliphatic carbocycles. The molecule has 1 aromatic heterocycles. The number of fused-ring (bicyclic) bond motifs is 1. The molecule has 4 rings (SSSR count). The van der Waals surface area contributed by atoms with Gasteiger partial charge in [-0.1, -0.05) is 42.5 Å². The molecule has 0 unspecified atom stereocenters. The predicted molar refractivity (Wildman–Crippen MR) is 97.6 cm³/mol. The van der Waals surface area contributed by atoms with Gasteiger partial charge in [-0.25, -0.2) is 4.98 Å². The first kappa shape index (κ1) is 14.9. The number of hydrogen-bond donors (Lipinski definition) is 0. The summed E-state index contributed by atoms with van der Waals surface area (Å²) in [4.78, 5) is 20.0. The van der Waals surface area contributed by atoms with Gasteiger partial charge >= 0.3 is 0 Å². The summed E-state index contributed by atoms with van der Waals surface area (Å²) in [6, 6.07) is 18.0. The Morgan fingerprint density at radius 1 is 0.875 bits per heavy atom. The van der Waals surface area contributed by atoms with Gasteiger partial charge in [0.1, 0.15) is 0 Å². The molecular weight excluding hydrogens is 298 g/mol. The van der Waals surface area contributed by atoms with Crippen LogP contribution in [0, 0.1) is 0 Å². The van der Waals surface area contributed by atoms with Crippen LogP contribution in [0.25, 0.3) is 11.0 Å². The Kier molecular flexibility index (Phi) is 4.03. The Morgan fingerprint density at radius 2 is 1.58 bits per heavy atom. The number of rotatable bonds is 3. The Morgan fingerprint density at radius 3 is 2.38 bits per heavy atom. The highest BCUT2D eigenvalue weighted by atomic mass is 16.1. The van der Waals surface area contributed by atoms with E-state index in [1.54, 1.807) is 0 Å². The number of anilines is 1. The average molecular weight is 319 g/mol. The fourth-order valence-corrected chi connectivity index (χ4v) is 3.41. The lowest BCUT2D eigenvalue weighted by Crippen LogP contribution is -2.37. The number of para-hydroxylation sites is 2. The fourth-order valence-electron chi connectivity index (χ4n) is 3.41. The highest BCUT2D eigenvalue weighted by molar-refractivity contribution is 5.76. The van der Waals surface area contributed by atoms with Crippen molar-refractivity contribution in [3.8, 4) is 0 Å². The quantitative estimate of drug-likeness (QED) is 0.742. The number of benzene rings is 2. The first-order valence-corrected chi connectivity index (χ1v) is 8.61. The number of nitrogens with zero attached hydrogens (tertiary/aromatic N) is 3. The highest BCUT2D eigenvalue weighted by Crippen LogP contribution is 2.19. The Hall–Kier alpha value is -2.62. The van der Waals surface area contributed by atoms with Crippen LogP contribution in [0.2, 0.25) is 0 Å². The molecule has 2 heterocycles. The van der Waals surface area contributed by atoms with Crippen LogP contribution in [0.15, 0.2) is 59.4 Å². The maximum absolute atomic E-state index is 13.1. The van der Waals surface area contributed by atoms with Crippen molar-refractivity contribution in [3.63, 3.8) is 0 Å². The molecule has 1 aliphatic rings. The zero-order valence-corrected chi connectivity index (χ0v) is 13.7. The van der Waals surface area contributed by atoms with E-state index in [1.165, 1.54) is 6.42 Å². The van der Waals surface area contributed by atoms with Crippen LogP contribution in [0.4, 0.5) is 5.82 Å². The molecule has 2 aromatic carbocycles. The maximum atomic E-state index is 13.1. The molecule has 24 heavy (non-hydrogen) atoms. The lowest BCUT2D eigenvalue weighted by Gasteiger charge is -2.28. The van der Waals surface area contributed by atoms with Gasteiger partial charge in [0.2, 0.25) is 0 Å². The molecule has 0 N–H and O–H groups in total. The van der Waals surface area contributed by atoms with Crippen molar-refractivity contribution < 1.29 is 0 Å². The molecule has 0 bridgehead atoms. The van der Waals surface area contributed by atoms with E-state index in [1.807, 2.05) is 47.0 Å². The van der Waals surface area contributed by atoms with Gasteiger partial charge in [-0.05, 0) is 37.0 Å². The Balaban J connectivity index is 1.86. The van der Waals surface area contributed by atoms with Gasteiger partial charge in [0.25, 0.3) is 5.56 Å². The molecule has 1 aliphatic heterocycles. The Bertz CT molecular complexity index is 896. The van der Waals surface area contributed by atoms with Gasteiger partial charge in [-0.3, -0.25) is 9.36 Å². The lowest BCUT2D eigenvalue weighted by molar-refractivity contribution is 0.569. The molecule has 0 spiro atoms. The zero-order chi connectivity index (χ0) is 16.4. The van der Waals surface area contributed by atoms with Gasteiger partial charge in [0.15, 0.2) is 5.82 Å². The van der Waals surface area contributed by atoms with Crippen LogP contribution in [0.3, 0.4) is 0 Å². The summed E-state index contributed by atoms with van der Waals surface area (Å²) >= 11 is 0. The van der Waals surface area contributed by atoms with E-state index in [0.717, 1.165) is 42.5 Å². The molecule has 4 heteroatoms. The topological polar surface area (TPSA) is 38.1 Å². The standard InChI is InChI=1S/C20H21N3O/c24-20-19(22-13-7-2-8-14-22)21-17-11-5-6-12-18(17)23(20)15-16-9-3-1-4-10-16/h1,3-6,9-12H,2,7-8,13-15H2. The van der Waals surface area contributed by atoms with Gasteiger partial charge < -0.3 is 4.90 Å². The molecule has 0 radical (unpaired) electrons. The molecule has 1 saturated heterocycles. The van der Waals surface area contributed by atoms with Crippen molar-refractivity contribution in [2.24, 2.45) is 0 Å². The summed E-state index contributed by atoms with van der Waals surface area (Å²) in [6.45, 7) is 2.42. The SMILES string of the molecule is O=c1c(N2CCCCC2)nc2ccccc2n1Cc1ccccc1. The van der Waals surface area contributed by atoms with Crippen molar-refractivity contribution in [1.82, 2.24) is 9.55 Å². The van der Waals surface area contributed by atoms with Crippen LogP contribution in [-0.2, 0) is 6.54 Å². The summed E-state index contributed by atoms with van der Waals surface area (Å²) < 4.78 is 1.86. The molecule has 0 atom stereocenters. The van der Waals surface area contributed by atoms with Crippen molar-refractivity contribution in [2.45, 2.75) is 25.8 Å². The predicted octanol–water partition coefficient (Wildman–Crippen LogP) is 3.44. The van der Waals surface area contributed by atoms with Crippen LogP contribution in [-0.4, -0.2) is 22.6 Å². The average Bonchev–Trinajstić information content (AvgIpc) is 2.65. The van der Waals surface area contributed by atoms with Crippen molar-refractivity contribution >= 4 is 16.9 Å². The second kappa shape index (κ2) is 6.48. The second-order valence-corrected chi connectivity index (χ2v) is 6.35. The molecule has 3 aromatic rings. The van der Waals surface area contributed by atoms with Crippen LogP contribution in [0.1, 0.15) is 24.8 Å². The molecule has 0 saturated carbocycles. The molecule has 4 nitrogen and oxygen atoms in total. The van der Waals surface area contributed by atoms with Crippen molar-refractivity contribution in [2.75, 3.05) is 18.0 Å². The summed E-state index contributed by atoms with van der Waals surface area (Å²) in [5.41, 5.74) is 2.92. The van der Waals surface area contributed by atoms with E-state index < -0.39 is 0 Å². The van der Waals surface area contributed by atoms with Gasteiger partial charge in [0, 0.05) is 13.1 Å². The largest absolute Gasteiger partial charge is 0.352 e. The van der Waals surface area contributed by atoms with E-state index in [2.05, 4.69) is 17.0 Å². The molecule has 1 fully saturated rings. The summed E-state index contributed by atoms with van der Waals surface area (Å²) in [7, 11) is 0.